The number of esters is 3. The lowest BCUT2D eigenvalue weighted by atomic mass is 10.1. The van der Waals surface area contributed by atoms with Gasteiger partial charge in [0.25, 0.3) is 0 Å². The van der Waals surface area contributed by atoms with Crippen molar-refractivity contribution in [3.63, 3.8) is 0 Å². The molecule has 6 heteroatoms. The summed E-state index contributed by atoms with van der Waals surface area (Å²) in [5.74, 6) is -0.983. The topological polar surface area (TPSA) is 78.9 Å². The van der Waals surface area contributed by atoms with Crippen LogP contribution in [0.25, 0.3) is 0 Å². The van der Waals surface area contributed by atoms with E-state index in [1.54, 1.807) is 0 Å². The number of hydrogen-bond acceptors (Lipinski definition) is 6. The van der Waals surface area contributed by atoms with Crippen molar-refractivity contribution in [1.29, 1.82) is 0 Å². The van der Waals surface area contributed by atoms with E-state index >= 15 is 0 Å². The minimum atomic E-state index is -0.809. The van der Waals surface area contributed by atoms with E-state index in [1.165, 1.54) is 148 Å². The molecule has 0 radical (unpaired) electrons. The van der Waals surface area contributed by atoms with Crippen LogP contribution in [-0.2, 0) is 28.6 Å². The van der Waals surface area contributed by atoms with Crippen LogP contribution in [0, 0.1) is 0 Å². The van der Waals surface area contributed by atoms with Crippen LogP contribution in [0.2, 0.25) is 0 Å². The van der Waals surface area contributed by atoms with E-state index in [0.717, 1.165) is 64.2 Å². The minimum Gasteiger partial charge on any atom is -0.462 e. The van der Waals surface area contributed by atoms with Gasteiger partial charge in [-0.25, -0.2) is 0 Å². The molecule has 62 heavy (non-hydrogen) atoms. The van der Waals surface area contributed by atoms with Crippen molar-refractivity contribution in [3.8, 4) is 0 Å². The third-order valence-corrected chi connectivity index (χ3v) is 11.3. The van der Waals surface area contributed by atoms with E-state index in [-0.39, 0.29) is 37.5 Å². The molecule has 358 valence electrons. The molecule has 0 saturated carbocycles. The molecule has 0 N–H and O–H groups in total. The number of hydrogen-bond donors (Lipinski definition) is 0. The summed E-state index contributed by atoms with van der Waals surface area (Å²) >= 11 is 0. The zero-order chi connectivity index (χ0) is 45.1. The second kappa shape index (κ2) is 50.8. The van der Waals surface area contributed by atoms with Crippen molar-refractivity contribution in [2.75, 3.05) is 13.2 Å². The molecule has 0 spiro atoms. The minimum absolute atomic E-state index is 0.102. The van der Waals surface area contributed by atoms with Crippen LogP contribution >= 0.6 is 0 Å². The highest BCUT2D eigenvalue weighted by Gasteiger charge is 2.19. The van der Waals surface area contributed by atoms with E-state index in [9.17, 15) is 14.4 Å². The van der Waals surface area contributed by atoms with Crippen LogP contribution in [0.3, 0.4) is 0 Å². The Kier molecular flexibility index (Phi) is 48.4. The van der Waals surface area contributed by atoms with E-state index in [4.69, 9.17) is 14.2 Å². The molecular formula is C56H98O6. The summed E-state index contributed by atoms with van der Waals surface area (Å²) in [6, 6.07) is 0. The van der Waals surface area contributed by atoms with E-state index in [2.05, 4.69) is 69.4 Å². The van der Waals surface area contributed by atoms with Gasteiger partial charge in [0.1, 0.15) is 13.2 Å². The Morgan fingerprint density at radius 3 is 1.05 bits per heavy atom. The van der Waals surface area contributed by atoms with Crippen molar-refractivity contribution in [1.82, 2.24) is 0 Å². The molecule has 0 saturated heterocycles. The molecule has 0 amide bonds. The highest BCUT2D eigenvalue weighted by atomic mass is 16.6. The van der Waals surface area contributed by atoms with Crippen molar-refractivity contribution >= 4 is 17.9 Å². The second-order valence-corrected chi connectivity index (χ2v) is 17.4. The lowest BCUT2D eigenvalue weighted by Crippen LogP contribution is -2.30. The summed E-state index contributed by atoms with van der Waals surface area (Å²) in [5, 5.41) is 0. The number of carbonyl (C=O) groups is 3. The first kappa shape index (κ1) is 59.1. The molecule has 6 nitrogen and oxygen atoms in total. The smallest absolute Gasteiger partial charge is 0.306 e. The van der Waals surface area contributed by atoms with Crippen LogP contribution in [0.15, 0.2) is 60.8 Å². The number of unbranched alkanes of at least 4 members (excludes halogenated alkanes) is 26. The molecular weight excluding hydrogens is 769 g/mol. The monoisotopic (exact) mass is 867 g/mol. The Labute approximate surface area is 383 Å². The Hall–Kier alpha value is -2.89. The number of allylic oxidation sites excluding steroid dienone is 10. The molecule has 0 fully saturated rings. The van der Waals surface area contributed by atoms with Gasteiger partial charge in [0.2, 0.25) is 0 Å². The molecule has 0 aromatic heterocycles. The van der Waals surface area contributed by atoms with Gasteiger partial charge in [-0.3, -0.25) is 14.4 Å². The maximum atomic E-state index is 12.7. The predicted molar refractivity (Wildman–Crippen MR) is 265 cm³/mol. The zero-order valence-electron chi connectivity index (χ0n) is 40.9. The lowest BCUT2D eigenvalue weighted by molar-refractivity contribution is -0.166. The van der Waals surface area contributed by atoms with Gasteiger partial charge < -0.3 is 14.2 Å². The van der Waals surface area contributed by atoms with Crippen molar-refractivity contribution in [2.45, 2.75) is 264 Å². The van der Waals surface area contributed by atoms with Gasteiger partial charge >= 0.3 is 17.9 Å². The summed E-state index contributed by atoms with van der Waals surface area (Å²) in [4.78, 5) is 37.9. The van der Waals surface area contributed by atoms with Crippen LogP contribution in [0.5, 0.6) is 0 Å². The Morgan fingerprint density at radius 1 is 0.339 bits per heavy atom. The first-order valence-electron chi connectivity index (χ1n) is 26.3. The second-order valence-electron chi connectivity index (χ2n) is 17.4. The fourth-order valence-corrected chi connectivity index (χ4v) is 7.33. The predicted octanol–water partition coefficient (Wildman–Crippen LogP) is 17.3. The van der Waals surface area contributed by atoms with Crippen molar-refractivity contribution in [3.05, 3.63) is 60.8 Å². The maximum absolute atomic E-state index is 12.7. The summed E-state index contributed by atoms with van der Waals surface area (Å²) in [7, 11) is 0. The highest BCUT2D eigenvalue weighted by molar-refractivity contribution is 5.71. The van der Waals surface area contributed by atoms with Crippen LogP contribution < -0.4 is 0 Å². The summed E-state index contributed by atoms with van der Waals surface area (Å²) in [6.07, 6.45) is 62.3. The van der Waals surface area contributed by atoms with Crippen molar-refractivity contribution in [2.24, 2.45) is 0 Å². The fourth-order valence-electron chi connectivity index (χ4n) is 7.33. The van der Waals surface area contributed by atoms with Crippen LogP contribution in [-0.4, -0.2) is 37.2 Å². The molecule has 0 bridgehead atoms. The van der Waals surface area contributed by atoms with Gasteiger partial charge in [0, 0.05) is 19.3 Å². The first-order chi connectivity index (χ1) is 30.5. The third kappa shape index (κ3) is 48.1. The molecule has 1 unspecified atom stereocenters. The van der Waals surface area contributed by atoms with E-state index in [1.807, 2.05) is 12.2 Å². The molecule has 0 aromatic carbocycles. The number of ether oxygens (including phenoxy) is 3. The van der Waals surface area contributed by atoms with Gasteiger partial charge in [-0.1, -0.05) is 229 Å². The van der Waals surface area contributed by atoms with Gasteiger partial charge in [-0.05, 0) is 70.6 Å². The van der Waals surface area contributed by atoms with Crippen LogP contribution in [0.4, 0.5) is 0 Å². The molecule has 0 aliphatic heterocycles. The molecule has 1 atom stereocenters. The Bertz CT molecular complexity index is 1130. The average molecular weight is 867 g/mol. The third-order valence-electron chi connectivity index (χ3n) is 11.3. The summed E-state index contributed by atoms with van der Waals surface area (Å²) in [6.45, 7) is 6.45. The van der Waals surface area contributed by atoms with Gasteiger partial charge in [0.05, 0.1) is 0 Å². The molecule has 0 heterocycles. The van der Waals surface area contributed by atoms with E-state index < -0.39 is 6.10 Å². The quantitative estimate of drug-likeness (QED) is 0.0262. The van der Waals surface area contributed by atoms with Crippen molar-refractivity contribution < 1.29 is 28.6 Å². The number of rotatable bonds is 47. The first-order valence-corrected chi connectivity index (χ1v) is 26.3. The summed E-state index contributed by atoms with van der Waals surface area (Å²) < 4.78 is 16.7. The molecule has 0 rings (SSSR count). The molecule has 0 aliphatic carbocycles. The van der Waals surface area contributed by atoms with Gasteiger partial charge in [0.15, 0.2) is 6.10 Å². The Balaban J connectivity index is 4.33. The van der Waals surface area contributed by atoms with Crippen LogP contribution in [0.1, 0.15) is 258 Å². The fraction of sp³-hybridized carbons (Fsp3) is 0.768. The normalized spacial score (nSPS) is 12.5. The lowest BCUT2D eigenvalue weighted by Gasteiger charge is -2.18. The molecule has 0 aromatic rings. The highest BCUT2D eigenvalue weighted by Crippen LogP contribution is 2.15. The SMILES string of the molecule is CC/C=C\C/C=C\C/C=C\C/C=C\CCC(=O)OC(COC(=O)CCCCCCCCCCCC)COC(=O)CCCCCCCCCCC/C=C\CCCCCCCCCC. The van der Waals surface area contributed by atoms with E-state index in [0.29, 0.717) is 19.3 Å². The maximum Gasteiger partial charge on any atom is 0.306 e. The average Bonchev–Trinajstić information content (AvgIpc) is 3.27. The van der Waals surface area contributed by atoms with Gasteiger partial charge in [-0.15, -0.1) is 0 Å². The largest absolute Gasteiger partial charge is 0.462 e. The molecule has 0 aliphatic rings. The summed E-state index contributed by atoms with van der Waals surface area (Å²) in [5.41, 5.74) is 0. The standard InChI is InChI=1S/C56H98O6/c1-4-7-10-13-16-19-22-24-25-26-27-28-29-30-31-33-34-37-40-43-46-49-55(58)61-52-53(51-60-54(57)48-45-42-39-36-21-18-15-12-9-6-3)62-56(59)50-47-44-41-38-35-32-23-20-17-14-11-8-5-2/h8,11,17,20,26-27,32,35,41,44,53H,4-7,9-10,12-16,18-19,21-25,28-31,33-34,36-40,42-43,45-52H2,1-3H3/b11-8-,20-17-,27-26-,35-32-,44-41-. The zero-order valence-corrected chi connectivity index (χ0v) is 40.9. The number of carbonyl (C=O) groups excluding carboxylic acids is 3. The Morgan fingerprint density at radius 2 is 0.661 bits per heavy atom. The van der Waals surface area contributed by atoms with Gasteiger partial charge in [-0.2, -0.15) is 0 Å².